The molecule has 4 nitrogen and oxygen atoms in total. The van der Waals surface area contributed by atoms with Gasteiger partial charge in [0.05, 0.1) is 0 Å². The Bertz CT molecular complexity index is 721. The van der Waals surface area contributed by atoms with Gasteiger partial charge in [-0.2, -0.15) is 4.52 Å². The number of hydrogen-bond acceptors (Lipinski definition) is 5. The summed E-state index contributed by atoms with van der Waals surface area (Å²) in [5.74, 6) is 0.843. The lowest BCUT2D eigenvalue weighted by molar-refractivity contribution is 0.857. The third-order valence-electron chi connectivity index (χ3n) is 2.36. The van der Waals surface area contributed by atoms with Crippen LogP contribution in [0.4, 0.5) is 0 Å². The van der Waals surface area contributed by atoms with Gasteiger partial charge in [0.1, 0.15) is 0 Å². The molecule has 0 amide bonds. The van der Waals surface area contributed by atoms with E-state index in [4.69, 9.17) is 0 Å². The van der Waals surface area contributed by atoms with Crippen molar-refractivity contribution in [1.82, 2.24) is 14.6 Å². The molecule has 2 heterocycles. The van der Waals surface area contributed by atoms with Crippen molar-refractivity contribution < 1.29 is 0 Å². The van der Waals surface area contributed by atoms with Crippen LogP contribution in [0.1, 0.15) is 5.56 Å². The SMILES string of the molecule is O=c1ccnc2sc(SCc3ccccc3)nn12. The predicted molar refractivity (Wildman–Crippen MR) is 73.1 cm³/mol. The first kappa shape index (κ1) is 11.4. The highest BCUT2D eigenvalue weighted by atomic mass is 32.2. The molecule has 0 atom stereocenters. The molecule has 1 aromatic carbocycles. The number of rotatable bonds is 3. The van der Waals surface area contributed by atoms with E-state index in [2.05, 4.69) is 22.2 Å². The summed E-state index contributed by atoms with van der Waals surface area (Å²) in [6.45, 7) is 0. The van der Waals surface area contributed by atoms with Crippen LogP contribution in [0.3, 0.4) is 0 Å². The highest BCUT2D eigenvalue weighted by Crippen LogP contribution is 2.26. The van der Waals surface area contributed by atoms with Crippen molar-refractivity contribution in [3.05, 3.63) is 58.5 Å². The molecule has 90 valence electrons. The van der Waals surface area contributed by atoms with Crippen LogP contribution in [0.2, 0.25) is 0 Å². The summed E-state index contributed by atoms with van der Waals surface area (Å²) in [6.07, 6.45) is 1.52. The molecule has 0 radical (unpaired) electrons. The van der Waals surface area contributed by atoms with Crippen LogP contribution < -0.4 is 5.56 Å². The van der Waals surface area contributed by atoms with Crippen LogP contribution in [-0.4, -0.2) is 14.6 Å². The van der Waals surface area contributed by atoms with Gasteiger partial charge in [-0.1, -0.05) is 53.4 Å². The van der Waals surface area contributed by atoms with Gasteiger partial charge in [0.25, 0.3) is 5.56 Å². The van der Waals surface area contributed by atoms with Crippen molar-refractivity contribution in [2.45, 2.75) is 10.1 Å². The molecular weight excluding hydrogens is 266 g/mol. The van der Waals surface area contributed by atoms with E-state index in [0.717, 1.165) is 10.1 Å². The maximum atomic E-state index is 11.5. The van der Waals surface area contributed by atoms with E-state index in [1.165, 1.54) is 33.7 Å². The molecule has 18 heavy (non-hydrogen) atoms. The molecule has 0 saturated heterocycles. The smallest absolute Gasteiger partial charge is 0.267 e. The third-order valence-corrected chi connectivity index (χ3v) is 4.48. The van der Waals surface area contributed by atoms with E-state index >= 15 is 0 Å². The highest BCUT2D eigenvalue weighted by molar-refractivity contribution is 8.00. The molecule has 0 aliphatic heterocycles. The molecule has 0 N–H and O–H groups in total. The maximum Gasteiger partial charge on any atom is 0.275 e. The Hall–Kier alpha value is -1.66. The van der Waals surface area contributed by atoms with Gasteiger partial charge in [-0.05, 0) is 5.56 Å². The minimum absolute atomic E-state index is 0.136. The first-order valence-corrected chi connectivity index (χ1v) is 7.15. The molecule has 6 heteroatoms. The molecule has 3 aromatic rings. The monoisotopic (exact) mass is 275 g/mol. The Balaban J connectivity index is 1.83. The van der Waals surface area contributed by atoms with Crippen LogP contribution in [0, 0.1) is 0 Å². The van der Waals surface area contributed by atoms with Crippen molar-refractivity contribution in [3.8, 4) is 0 Å². The fraction of sp³-hybridized carbons (Fsp3) is 0.0833. The van der Waals surface area contributed by atoms with Crippen molar-refractivity contribution in [2.75, 3.05) is 0 Å². The number of fused-ring (bicyclic) bond motifs is 1. The lowest BCUT2D eigenvalue weighted by atomic mass is 10.2. The lowest BCUT2D eigenvalue weighted by Gasteiger charge is -1.96. The van der Waals surface area contributed by atoms with Crippen molar-refractivity contribution in [3.63, 3.8) is 0 Å². The molecule has 0 fully saturated rings. The third kappa shape index (κ3) is 2.30. The van der Waals surface area contributed by atoms with Crippen LogP contribution in [-0.2, 0) is 5.75 Å². The van der Waals surface area contributed by atoms with E-state index in [1.807, 2.05) is 18.2 Å². The van der Waals surface area contributed by atoms with E-state index in [9.17, 15) is 4.79 Å². The summed E-state index contributed by atoms with van der Waals surface area (Å²) < 4.78 is 2.20. The normalized spacial score (nSPS) is 10.9. The van der Waals surface area contributed by atoms with Gasteiger partial charge in [-0.3, -0.25) is 4.79 Å². The van der Waals surface area contributed by atoms with E-state index in [1.54, 1.807) is 11.8 Å². The second kappa shape index (κ2) is 4.91. The summed E-state index contributed by atoms with van der Waals surface area (Å²) in [6, 6.07) is 11.6. The Labute approximate surface area is 111 Å². The van der Waals surface area contributed by atoms with Gasteiger partial charge in [-0.25, -0.2) is 4.98 Å². The Morgan fingerprint density at radius 1 is 1.22 bits per heavy atom. The van der Waals surface area contributed by atoms with Crippen molar-refractivity contribution >= 4 is 28.1 Å². The standard InChI is InChI=1S/C12H9N3OS2/c16-10-6-7-13-11-15(10)14-12(18-11)17-8-9-4-2-1-3-5-9/h1-7H,8H2. The summed E-state index contributed by atoms with van der Waals surface area (Å²) in [4.78, 5) is 16.3. The van der Waals surface area contributed by atoms with Crippen LogP contribution in [0.5, 0.6) is 0 Å². The Morgan fingerprint density at radius 3 is 2.83 bits per heavy atom. The average molecular weight is 275 g/mol. The van der Waals surface area contributed by atoms with Crippen LogP contribution >= 0.6 is 23.1 Å². The quantitative estimate of drug-likeness (QED) is 0.689. The van der Waals surface area contributed by atoms with Gasteiger partial charge in [0.2, 0.25) is 4.96 Å². The predicted octanol–water partition coefficient (Wildman–Crippen LogP) is 2.44. The summed E-state index contributed by atoms with van der Waals surface area (Å²) in [5.41, 5.74) is 1.10. The highest BCUT2D eigenvalue weighted by Gasteiger charge is 2.06. The topological polar surface area (TPSA) is 47.3 Å². The summed E-state index contributed by atoms with van der Waals surface area (Å²) in [7, 11) is 0. The molecule has 0 unspecified atom stereocenters. The van der Waals surface area contributed by atoms with Crippen LogP contribution in [0.15, 0.2) is 51.7 Å². The second-order valence-corrected chi connectivity index (χ2v) is 5.80. The van der Waals surface area contributed by atoms with E-state index in [-0.39, 0.29) is 5.56 Å². The minimum Gasteiger partial charge on any atom is -0.267 e. The Morgan fingerprint density at radius 2 is 2.06 bits per heavy atom. The molecule has 0 bridgehead atoms. The number of thioether (sulfide) groups is 1. The molecule has 0 aliphatic carbocycles. The Kier molecular flexibility index (Phi) is 3.12. The van der Waals surface area contributed by atoms with E-state index in [0.29, 0.717) is 4.96 Å². The van der Waals surface area contributed by atoms with E-state index < -0.39 is 0 Å². The van der Waals surface area contributed by atoms with Crippen molar-refractivity contribution in [1.29, 1.82) is 0 Å². The fourth-order valence-electron chi connectivity index (χ4n) is 1.50. The molecule has 0 aliphatic rings. The zero-order valence-corrected chi connectivity index (χ0v) is 10.9. The number of nitrogens with zero attached hydrogens (tertiary/aromatic N) is 3. The maximum absolute atomic E-state index is 11.5. The molecule has 2 aromatic heterocycles. The first-order chi connectivity index (χ1) is 8.83. The summed E-state index contributed by atoms with van der Waals surface area (Å²) in [5, 5.41) is 4.25. The largest absolute Gasteiger partial charge is 0.275 e. The molecule has 0 spiro atoms. The summed E-state index contributed by atoms with van der Waals surface area (Å²) >= 11 is 3.05. The first-order valence-electron chi connectivity index (χ1n) is 5.34. The van der Waals surface area contributed by atoms with Gasteiger partial charge in [-0.15, -0.1) is 5.10 Å². The lowest BCUT2D eigenvalue weighted by Crippen LogP contribution is -2.12. The number of hydrogen-bond donors (Lipinski definition) is 0. The van der Waals surface area contributed by atoms with Gasteiger partial charge < -0.3 is 0 Å². The number of aromatic nitrogens is 3. The van der Waals surface area contributed by atoms with Crippen LogP contribution in [0.25, 0.3) is 4.96 Å². The van der Waals surface area contributed by atoms with Gasteiger partial charge in [0, 0.05) is 18.0 Å². The average Bonchev–Trinajstić information content (AvgIpc) is 2.82. The zero-order chi connectivity index (χ0) is 12.4. The second-order valence-electron chi connectivity index (χ2n) is 3.62. The minimum atomic E-state index is -0.136. The van der Waals surface area contributed by atoms with Gasteiger partial charge in [0.15, 0.2) is 4.34 Å². The van der Waals surface area contributed by atoms with Crippen molar-refractivity contribution in [2.24, 2.45) is 0 Å². The number of benzene rings is 1. The fourth-order valence-corrected chi connectivity index (χ4v) is 3.37. The van der Waals surface area contributed by atoms with Gasteiger partial charge >= 0.3 is 0 Å². The molecule has 0 saturated carbocycles. The molecule has 3 rings (SSSR count). The molecular formula is C12H9N3OS2. The zero-order valence-electron chi connectivity index (χ0n) is 9.31.